The molecule has 0 saturated carbocycles. The Morgan fingerprint density at radius 1 is 1.32 bits per heavy atom. The predicted molar refractivity (Wildman–Crippen MR) is 73.6 cm³/mol. The van der Waals surface area contributed by atoms with Gasteiger partial charge in [0.1, 0.15) is 0 Å². The van der Waals surface area contributed by atoms with Crippen molar-refractivity contribution < 1.29 is 19.4 Å². The summed E-state index contributed by atoms with van der Waals surface area (Å²) in [5.41, 5.74) is 0. The van der Waals surface area contributed by atoms with E-state index in [-0.39, 0.29) is 12.2 Å². The Bertz CT molecular complexity index is 357. The van der Waals surface area contributed by atoms with E-state index in [9.17, 15) is 9.90 Å². The van der Waals surface area contributed by atoms with Crippen LogP contribution in [0.5, 0.6) is 0 Å². The Morgan fingerprint density at radius 3 is 2.84 bits per heavy atom. The first-order chi connectivity index (χ1) is 9.11. The van der Waals surface area contributed by atoms with Gasteiger partial charge < -0.3 is 14.6 Å². The van der Waals surface area contributed by atoms with Gasteiger partial charge in [0.15, 0.2) is 0 Å². The summed E-state index contributed by atoms with van der Waals surface area (Å²) in [4.78, 5) is 11.4. The number of rotatable bonds is 1. The van der Waals surface area contributed by atoms with Crippen LogP contribution in [0.2, 0.25) is 0 Å². The maximum Gasteiger partial charge on any atom is 0.330 e. The number of cyclic esters (lactones) is 1. The number of hydrogen-bond donors (Lipinski definition) is 1. The Morgan fingerprint density at radius 2 is 2.11 bits per heavy atom. The summed E-state index contributed by atoms with van der Waals surface area (Å²) in [5, 5.41) is 9.65. The van der Waals surface area contributed by atoms with Crippen molar-refractivity contribution in [3.8, 4) is 0 Å². The molecule has 106 valence electrons. The number of hydrogen-bond acceptors (Lipinski definition) is 4. The van der Waals surface area contributed by atoms with Crippen molar-refractivity contribution in [3.63, 3.8) is 0 Å². The second-order valence-corrected chi connectivity index (χ2v) is 4.54. The van der Waals surface area contributed by atoms with Crippen molar-refractivity contribution in [2.45, 2.75) is 44.5 Å². The first-order valence-electron chi connectivity index (χ1n) is 6.56. The summed E-state index contributed by atoms with van der Waals surface area (Å²) in [5.74, 6) is -0.421. The Balaban J connectivity index is 2.73. The van der Waals surface area contributed by atoms with Crippen LogP contribution in [-0.2, 0) is 14.3 Å². The topological polar surface area (TPSA) is 55.8 Å². The average molecular weight is 266 g/mol. The van der Waals surface area contributed by atoms with Gasteiger partial charge in [-0.25, -0.2) is 4.79 Å². The number of carbonyl (C=O) groups is 1. The highest BCUT2D eigenvalue weighted by Gasteiger charge is 2.07. The molecule has 0 radical (unpaired) electrons. The van der Waals surface area contributed by atoms with E-state index in [1.54, 1.807) is 19.3 Å². The molecule has 1 heterocycles. The molecule has 4 heteroatoms. The van der Waals surface area contributed by atoms with Crippen molar-refractivity contribution in [2.75, 3.05) is 7.11 Å². The van der Waals surface area contributed by atoms with Gasteiger partial charge >= 0.3 is 5.97 Å². The zero-order valence-corrected chi connectivity index (χ0v) is 11.5. The summed E-state index contributed by atoms with van der Waals surface area (Å²) < 4.78 is 10.4. The smallest absolute Gasteiger partial charge is 0.330 e. The fourth-order valence-corrected chi connectivity index (χ4v) is 1.74. The van der Waals surface area contributed by atoms with Crippen molar-refractivity contribution in [3.05, 3.63) is 36.5 Å². The molecule has 0 aromatic heterocycles. The van der Waals surface area contributed by atoms with Crippen molar-refractivity contribution >= 4 is 5.97 Å². The summed E-state index contributed by atoms with van der Waals surface area (Å²) in [6.07, 6.45) is 11.6. The molecule has 1 aliphatic heterocycles. The number of esters is 1. The molecule has 0 aromatic rings. The summed E-state index contributed by atoms with van der Waals surface area (Å²) >= 11 is 0. The van der Waals surface area contributed by atoms with Gasteiger partial charge in [0.25, 0.3) is 0 Å². The van der Waals surface area contributed by atoms with Crippen LogP contribution in [0.1, 0.15) is 26.2 Å². The van der Waals surface area contributed by atoms with Gasteiger partial charge in [0.2, 0.25) is 0 Å². The summed E-state index contributed by atoms with van der Waals surface area (Å²) in [6, 6.07) is 0. The normalized spacial score (nSPS) is 29.8. The lowest BCUT2D eigenvalue weighted by atomic mass is 10.1. The molecule has 0 amide bonds. The standard InChI is InChI=1S/C15H22O4/c1-12-6-4-3-5-7-14(18-2)10-8-13(16)9-11-15(17)19-12/h5,7-14,16H,3-4,6H2,1-2H3/t12-,13-,14-/m0/s1. The molecule has 19 heavy (non-hydrogen) atoms. The van der Waals surface area contributed by atoms with Gasteiger partial charge in [-0.2, -0.15) is 0 Å². The first-order valence-corrected chi connectivity index (χ1v) is 6.56. The molecule has 0 aliphatic carbocycles. The molecule has 0 fully saturated rings. The lowest BCUT2D eigenvalue weighted by Gasteiger charge is -2.12. The number of allylic oxidation sites excluding steroid dienone is 1. The van der Waals surface area contributed by atoms with Crippen molar-refractivity contribution in [1.29, 1.82) is 0 Å². The highest BCUT2D eigenvalue weighted by molar-refractivity contribution is 5.82. The van der Waals surface area contributed by atoms with E-state index in [2.05, 4.69) is 0 Å². The number of aliphatic hydroxyl groups excluding tert-OH is 1. The van der Waals surface area contributed by atoms with E-state index in [0.29, 0.717) is 0 Å². The van der Waals surface area contributed by atoms with Gasteiger partial charge in [-0.05, 0) is 32.3 Å². The number of aliphatic hydroxyl groups is 1. The predicted octanol–water partition coefficient (Wildman–Crippen LogP) is 2.15. The van der Waals surface area contributed by atoms with Crippen LogP contribution in [0, 0.1) is 0 Å². The van der Waals surface area contributed by atoms with Crippen LogP contribution in [0.4, 0.5) is 0 Å². The molecule has 0 bridgehead atoms. The molecule has 1 rings (SSSR count). The Kier molecular flexibility index (Phi) is 7.15. The maximum atomic E-state index is 11.4. The molecule has 0 unspecified atom stereocenters. The summed E-state index contributed by atoms with van der Waals surface area (Å²) in [7, 11) is 1.62. The highest BCUT2D eigenvalue weighted by atomic mass is 16.5. The molecule has 1 aliphatic rings. The zero-order valence-electron chi connectivity index (χ0n) is 11.5. The molecular weight excluding hydrogens is 244 g/mol. The van der Waals surface area contributed by atoms with Crippen LogP contribution in [0.25, 0.3) is 0 Å². The van der Waals surface area contributed by atoms with Crippen LogP contribution < -0.4 is 0 Å². The molecule has 4 nitrogen and oxygen atoms in total. The molecule has 0 saturated heterocycles. The van der Waals surface area contributed by atoms with Gasteiger partial charge in [0, 0.05) is 13.2 Å². The van der Waals surface area contributed by atoms with E-state index >= 15 is 0 Å². The molecular formula is C15H22O4. The second kappa shape index (κ2) is 8.67. The number of methoxy groups -OCH3 is 1. The third kappa shape index (κ3) is 6.94. The minimum absolute atomic E-state index is 0.112. The first kappa shape index (κ1) is 15.7. The Labute approximate surface area is 114 Å². The lowest BCUT2D eigenvalue weighted by Crippen LogP contribution is -2.13. The largest absolute Gasteiger partial charge is 0.460 e. The van der Waals surface area contributed by atoms with E-state index in [1.165, 1.54) is 12.2 Å². The SMILES string of the molecule is CO[C@H]1C=CCCC[C@H](C)OC(=O)C=C[C@@H](O)C=C1. The lowest BCUT2D eigenvalue weighted by molar-refractivity contribution is -0.142. The van der Waals surface area contributed by atoms with Gasteiger partial charge in [-0.15, -0.1) is 0 Å². The minimum atomic E-state index is -0.822. The van der Waals surface area contributed by atoms with Crippen LogP contribution >= 0.6 is 0 Å². The minimum Gasteiger partial charge on any atom is -0.460 e. The fourth-order valence-electron chi connectivity index (χ4n) is 1.74. The van der Waals surface area contributed by atoms with E-state index in [4.69, 9.17) is 9.47 Å². The van der Waals surface area contributed by atoms with Crippen LogP contribution in [0.15, 0.2) is 36.5 Å². The van der Waals surface area contributed by atoms with E-state index in [1.807, 2.05) is 19.1 Å². The van der Waals surface area contributed by atoms with Gasteiger partial charge in [0.05, 0.1) is 18.3 Å². The Hall–Kier alpha value is -1.39. The van der Waals surface area contributed by atoms with E-state index < -0.39 is 12.1 Å². The molecule has 0 spiro atoms. The van der Waals surface area contributed by atoms with Crippen molar-refractivity contribution in [1.82, 2.24) is 0 Å². The molecule has 0 aromatic carbocycles. The third-order valence-corrected chi connectivity index (χ3v) is 2.82. The second-order valence-electron chi connectivity index (χ2n) is 4.54. The van der Waals surface area contributed by atoms with E-state index in [0.717, 1.165) is 19.3 Å². The zero-order chi connectivity index (χ0) is 14.1. The van der Waals surface area contributed by atoms with Crippen LogP contribution in [0.3, 0.4) is 0 Å². The monoisotopic (exact) mass is 266 g/mol. The van der Waals surface area contributed by atoms with Gasteiger partial charge in [-0.1, -0.05) is 24.3 Å². The quantitative estimate of drug-likeness (QED) is 0.583. The maximum absolute atomic E-state index is 11.4. The van der Waals surface area contributed by atoms with Crippen LogP contribution in [-0.4, -0.2) is 36.5 Å². The third-order valence-electron chi connectivity index (χ3n) is 2.82. The molecule has 1 N–H and O–H groups in total. The average Bonchev–Trinajstić information content (AvgIpc) is 2.38. The number of carbonyl (C=O) groups excluding carboxylic acids is 1. The molecule has 3 atom stereocenters. The highest BCUT2D eigenvalue weighted by Crippen LogP contribution is 2.08. The fraction of sp³-hybridized carbons (Fsp3) is 0.533. The van der Waals surface area contributed by atoms with Gasteiger partial charge in [-0.3, -0.25) is 0 Å². The number of ether oxygens (including phenoxy) is 2. The van der Waals surface area contributed by atoms with Crippen molar-refractivity contribution in [2.24, 2.45) is 0 Å². The summed E-state index contributed by atoms with van der Waals surface area (Å²) in [6.45, 7) is 1.87.